The first-order valence-corrected chi connectivity index (χ1v) is 15.0. The monoisotopic (exact) mass is 614 g/mol. The number of hydrogen-bond acceptors (Lipinski definition) is 4. The first-order chi connectivity index (χ1) is 20.6. The first-order valence-electron chi connectivity index (χ1n) is 14.2. The molecular weight excluding hydrogens is 583 g/mol. The van der Waals surface area contributed by atoms with E-state index in [0.717, 1.165) is 45.5 Å². The van der Waals surface area contributed by atoms with Crippen LogP contribution in [-0.4, -0.2) is 37.6 Å². The number of primary amides is 1. The van der Waals surface area contributed by atoms with Crippen LogP contribution >= 0.6 is 23.2 Å². The number of rotatable bonds is 9. The first kappa shape index (κ1) is 29.0. The molecule has 3 aromatic heterocycles. The lowest BCUT2D eigenvalue weighted by Crippen LogP contribution is -2.49. The Morgan fingerprint density at radius 1 is 1.12 bits per heavy atom. The smallest absolute Gasteiger partial charge is 0.240 e. The number of carbonyl (C=O) groups excluding carboxylic acids is 2. The minimum Gasteiger partial charge on any atom is -0.368 e. The summed E-state index contributed by atoms with van der Waals surface area (Å²) in [6.45, 7) is 4.35. The average molecular weight is 616 g/mol. The average Bonchev–Trinajstić information content (AvgIpc) is 3.61. The van der Waals surface area contributed by atoms with Crippen molar-refractivity contribution in [3.05, 3.63) is 101 Å². The molecule has 1 saturated carbocycles. The van der Waals surface area contributed by atoms with Crippen molar-refractivity contribution in [2.75, 3.05) is 0 Å². The summed E-state index contributed by atoms with van der Waals surface area (Å²) < 4.78 is 1.91. The van der Waals surface area contributed by atoms with Gasteiger partial charge in [0.2, 0.25) is 11.8 Å². The molecular formula is C33H32Cl2N6O2. The summed E-state index contributed by atoms with van der Waals surface area (Å²) in [5, 5.41) is 9.77. The molecule has 2 amide bonds. The SMILES string of the molecule is CC1(C)[C@@H](CC(=O)N[C@@H](Cc2c[nH]c3ccccc23)C(N)=O)C[C@@H]1c1cc(-c2cccnc2)nn1-c1ccc(Cl)c(Cl)c1. The van der Waals surface area contributed by atoms with Crippen molar-refractivity contribution in [3.8, 4) is 16.9 Å². The molecule has 4 N–H and O–H groups in total. The molecule has 8 nitrogen and oxygen atoms in total. The number of halogens is 2. The molecule has 0 saturated heterocycles. The third-order valence-corrected chi connectivity index (χ3v) is 9.62. The summed E-state index contributed by atoms with van der Waals surface area (Å²) in [6.07, 6.45) is 6.77. The summed E-state index contributed by atoms with van der Waals surface area (Å²) in [5.41, 5.74) is 10.9. The molecule has 0 spiro atoms. The molecule has 1 fully saturated rings. The number of amides is 2. The molecule has 0 unspecified atom stereocenters. The molecule has 1 aliphatic rings. The lowest BCUT2D eigenvalue weighted by Gasteiger charge is -2.52. The molecule has 0 aliphatic heterocycles. The number of benzene rings is 2. The van der Waals surface area contributed by atoms with Gasteiger partial charge in [-0.15, -0.1) is 0 Å². The third kappa shape index (κ3) is 5.65. The predicted molar refractivity (Wildman–Crippen MR) is 169 cm³/mol. The second-order valence-corrected chi connectivity index (χ2v) is 12.6. The lowest BCUT2D eigenvalue weighted by atomic mass is 9.52. The van der Waals surface area contributed by atoms with E-state index in [1.807, 2.05) is 59.4 Å². The van der Waals surface area contributed by atoms with E-state index >= 15 is 0 Å². The Labute approximate surface area is 259 Å². The number of para-hydroxylation sites is 1. The summed E-state index contributed by atoms with van der Waals surface area (Å²) in [6, 6.07) is 18.5. The maximum absolute atomic E-state index is 13.3. The van der Waals surface area contributed by atoms with Gasteiger partial charge in [0.25, 0.3) is 0 Å². The zero-order chi connectivity index (χ0) is 30.3. The number of carbonyl (C=O) groups is 2. The molecule has 2 aromatic carbocycles. The molecule has 10 heteroatoms. The minimum absolute atomic E-state index is 0.0955. The Bertz CT molecular complexity index is 1810. The number of aromatic nitrogens is 4. The number of nitrogens with two attached hydrogens (primary N) is 1. The molecule has 0 bridgehead atoms. The van der Waals surface area contributed by atoms with Crippen LogP contribution < -0.4 is 11.1 Å². The normalized spacial score (nSPS) is 18.2. The molecule has 0 radical (unpaired) electrons. The topological polar surface area (TPSA) is 119 Å². The maximum atomic E-state index is 13.3. The van der Waals surface area contributed by atoms with E-state index in [2.05, 4.69) is 35.2 Å². The minimum atomic E-state index is -0.802. The Hall–Kier alpha value is -4.14. The van der Waals surface area contributed by atoms with Gasteiger partial charge in [-0.25, -0.2) is 4.68 Å². The van der Waals surface area contributed by atoms with Crippen molar-refractivity contribution in [2.24, 2.45) is 17.1 Å². The highest BCUT2D eigenvalue weighted by Crippen LogP contribution is 2.58. The Balaban J connectivity index is 1.20. The van der Waals surface area contributed by atoms with Gasteiger partial charge in [0.05, 0.1) is 21.4 Å². The van der Waals surface area contributed by atoms with Crippen molar-refractivity contribution >= 4 is 45.9 Å². The van der Waals surface area contributed by atoms with Gasteiger partial charge in [-0.3, -0.25) is 14.6 Å². The number of nitrogens with one attached hydrogen (secondary N) is 2. The van der Waals surface area contributed by atoms with E-state index in [4.69, 9.17) is 34.0 Å². The van der Waals surface area contributed by atoms with Gasteiger partial charge in [-0.05, 0) is 65.8 Å². The van der Waals surface area contributed by atoms with Crippen LogP contribution in [0.25, 0.3) is 27.8 Å². The standard InChI is InChI=1S/C33H32Cl2N6O2/c1-33(2)21(14-31(42)39-29(32(36)43)12-20-18-38-27-8-4-3-7-23(20)27)13-24(33)30-16-28(19-6-5-11-37-17-19)40-41(30)22-9-10-25(34)26(35)15-22/h3-11,15-18,21,24,29,38H,12-14H2,1-2H3,(H2,36,43)(H,39,42)/t21-,24-,29+/m1/s1. The van der Waals surface area contributed by atoms with Crippen LogP contribution in [0.15, 0.2) is 79.3 Å². The Morgan fingerprint density at radius 3 is 2.65 bits per heavy atom. The van der Waals surface area contributed by atoms with E-state index in [-0.39, 0.29) is 29.6 Å². The molecule has 5 aromatic rings. The second kappa shape index (κ2) is 11.5. The van der Waals surface area contributed by atoms with Gasteiger partial charge in [0.1, 0.15) is 6.04 Å². The fourth-order valence-electron chi connectivity index (χ4n) is 6.21. The van der Waals surface area contributed by atoms with Crippen LogP contribution in [0.1, 0.15) is 43.9 Å². The Kier molecular flexibility index (Phi) is 7.75. The third-order valence-electron chi connectivity index (χ3n) is 8.88. The van der Waals surface area contributed by atoms with E-state index in [1.54, 1.807) is 18.5 Å². The van der Waals surface area contributed by atoms with Gasteiger partial charge in [-0.2, -0.15) is 5.10 Å². The lowest BCUT2D eigenvalue weighted by molar-refractivity contribution is -0.130. The van der Waals surface area contributed by atoms with Crippen molar-refractivity contribution in [1.29, 1.82) is 0 Å². The highest BCUT2D eigenvalue weighted by atomic mass is 35.5. The maximum Gasteiger partial charge on any atom is 0.240 e. The van der Waals surface area contributed by atoms with Crippen LogP contribution in [0.5, 0.6) is 0 Å². The van der Waals surface area contributed by atoms with Crippen LogP contribution in [0.3, 0.4) is 0 Å². The van der Waals surface area contributed by atoms with Crippen molar-refractivity contribution in [3.63, 3.8) is 0 Å². The molecule has 220 valence electrons. The van der Waals surface area contributed by atoms with E-state index < -0.39 is 11.9 Å². The fraction of sp³-hybridized carbons (Fsp3) is 0.273. The van der Waals surface area contributed by atoms with Crippen LogP contribution in [0.4, 0.5) is 0 Å². The number of aromatic amines is 1. The number of nitrogens with zero attached hydrogens (tertiary/aromatic N) is 3. The summed E-state index contributed by atoms with van der Waals surface area (Å²) >= 11 is 12.6. The number of fused-ring (bicyclic) bond motifs is 1. The number of H-pyrrole nitrogens is 1. The van der Waals surface area contributed by atoms with Crippen molar-refractivity contribution in [1.82, 2.24) is 25.1 Å². The molecule has 3 atom stereocenters. The van der Waals surface area contributed by atoms with Crippen LogP contribution in [-0.2, 0) is 16.0 Å². The highest BCUT2D eigenvalue weighted by molar-refractivity contribution is 6.42. The molecule has 6 rings (SSSR count). The fourth-order valence-corrected chi connectivity index (χ4v) is 6.50. The van der Waals surface area contributed by atoms with Crippen molar-refractivity contribution < 1.29 is 9.59 Å². The number of hydrogen-bond donors (Lipinski definition) is 3. The van der Waals surface area contributed by atoms with Gasteiger partial charge in [-0.1, -0.05) is 55.2 Å². The van der Waals surface area contributed by atoms with E-state index in [9.17, 15) is 9.59 Å². The number of pyridine rings is 1. The van der Waals surface area contributed by atoms with Crippen molar-refractivity contribution in [2.45, 2.75) is 45.1 Å². The predicted octanol–water partition coefficient (Wildman–Crippen LogP) is 6.46. The summed E-state index contributed by atoms with van der Waals surface area (Å²) in [4.78, 5) is 33.1. The van der Waals surface area contributed by atoms with Gasteiger partial charge >= 0.3 is 0 Å². The quantitative estimate of drug-likeness (QED) is 0.177. The largest absolute Gasteiger partial charge is 0.368 e. The van der Waals surface area contributed by atoms with E-state index in [1.165, 1.54) is 0 Å². The highest BCUT2D eigenvalue weighted by Gasteiger charge is 2.50. The van der Waals surface area contributed by atoms with E-state index in [0.29, 0.717) is 16.5 Å². The molecule has 3 heterocycles. The zero-order valence-electron chi connectivity index (χ0n) is 23.9. The summed E-state index contributed by atoms with van der Waals surface area (Å²) in [7, 11) is 0. The van der Waals surface area contributed by atoms with Gasteiger partial charge < -0.3 is 16.0 Å². The molecule has 1 aliphatic carbocycles. The van der Waals surface area contributed by atoms with Gasteiger partial charge in [0.15, 0.2) is 0 Å². The second-order valence-electron chi connectivity index (χ2n) is 11.8. The Morgan fingerprint density at radius 2 is 1.93 bits per heavy atom. The van der Waals surface area contributed by atoms with Crippen LogP contribution in [0, 0.1) is 11.3 Å². The summed E-state index contributed by atoms with van der Waals surface area (Å²) in [5.74, 6) is -0.527. The molecule has 43 heavy (non-hydrogen) atoms. The zero-order valence-corrected chi connectivity index (χ0v) is 25.4. The van der Waals surface area contributed by atoms with Crippen LogP contribution in [0.2, 0.25) is 10.0 Å². The van der Waals surface area contributed by atoms with Gasteiger partial charge in [0, 0.05) is 59.5 Å².